The lowest BCUT2D eigenvalue weighted by atomic mass is 10.1. The molecule has 0 atom stereocenters. The van der Waals surface area contributed by atoms with Crippen molar-refractivity contribution in [3.8, 4) is 11.5 Å². The van der Waals surface area contributed by atoms with Gasteiger partial charge in [-0.2, -0.15) is 0 Å². The van der Waals surface area contributed by atoms with Crippen LogP contribution in [0.5, 0.6) is 11.5 Å². The molecular formula is C14H23NO2S. The van der Waals surface area contributed by atoms with Crippen LogP contribution in [0.1, 0.15) is 25.3 Å². The first-order valence-electron chi connectivity index (χ1n) is 6.34. The first kappa shape index (κ1) is 15.2. The minimum absolute atomic E-state index is 0.613. The molecule has 1 rings (SSSR count). The fourth-order valence-electron chi connectivity index (χ4n) is 1.72. The zero-order valence-corrected chi connectivity index (χ0v) is 12.3. The van der Waals surface area contributed by atoms with E-state index < -0.39 is 0 Å². The van der Waals surface area contributed by atoms with Gasteiger partial charge in [0.1, 0.15) is 11.5 Å². The molecule has 4 heteroatoms. The maximum absolute atomic E-state index is 5.61. The molecule has 0 bridgehead atoms. The summed E-state index contributed by atoms with van der Waals surface area (Å²) in [7, 11) is 3.40. The Balaban J connectivity index is 2.94. The van der Waals surface area contributed by atoms with Crippen molar-refractivity contribution < 1.29 is 9.47 Å². The smallest absolute Gasteiger partial charge is 0.132 e. The first-order valence-corrected chi connectivity index (χ1v) is 7.33. The number of hydrogen-bond acceptors (Lipinski definition) is 4. The van der Waals surface area contributed by atoms with Crippen molar-refractivity contribution in [2.45, 2.75) is 31.1 Å². The Morgan fingerprint density at radius 2 is 1.89 bits per heavy atom. The summed E-state index contributed by atoms with van der Waals surface area (Å²) in [5.41, 5.74) is 6.72. The molecule has 0 aromatic heterocycles. The molecule has 0 saturated heterocycles. The molecule has 0 fully saturated rings. The van der Waals surface area contributed by atoms with Gasteiger partial charge in [-0.05, 0) is 42.8 Å². The Labute approximate surface area is 114 Å². The molecule has 0 saturated carbocycles. The lowest BCUT2D eigenvalue weighted by molar-refractivity contribution is 0.390. The molecule has 1 aromatic rings. The van der Waals surface area contributed by atoms with Gasteiger partial charge in [0.05, 0.1) is 19.1 Å². The number of rotatable bonds is 8. The van der Waals surface area contributed by atoms with E-state index in [9.17, 15) is 0 Å². The van der Waals surface area contributed by atoms with Crippen LogP contribution in [0.3, 0.4) is 0 Å². The van der Waals surface area contributed by atoms with Gasteiger partial charge >= 0.3 is 0 Å². The van der Waals surface area contributed by atoms with Gasteiger partial charge in [0.15, 0.2) is 0 Å². The Morgan fingerprint density at radius 3 is 2.44 bits per heavy atom. The molecule has 0 aliphatic carbocycles. The lowest BCUT2D eigenvalue weighted by Crippen LogP contribution is -2.05. The second-order valence-electron chi connectivity index (χ2n) is 4.06. The van der Waals surface area contributed by atoms with Crippen LogP contribution >= 0.6 is 11.8 Å². The second-order valence-corrected chi connectivity index (χ2v) is 5.19. The quantitative estimate of drug-likeness (QED) is 0.582. The van der Waals surface area contributed by atoms with Crippen LogP contribution in [0.25, 0.3) is 0 Å². The van der Waals surface area contributed by atoms with E-state index in [1.165, 1.54) is 12.8 Å². The second kappa shape index (κ2) is 8.27. The highest BCUT2D eigenvalue weighted by atomic mass is 32.2. The minimum atomic E-state index is 0.613. The largest absolute Gasteiger partial charge is 0.496 e. The fourth-order valence-corrected chi connectivity index (χ4v) is 2.85. The molecule has 3 nitrogen and oxygen atoms in total. The number of ether oxygens (including phenoxy) is 2. The highest BCUT2D eigenvalue weighted by Crippen LogP contribution is 2.36. The van der Waals surface area contributed by atoms with Crippen LogP contribution in [-0.2, 0) is 6.42 Å². The highest BCUT2D eigenvalue weighted by molar-refractivity contribution is 7.99. The molecule has 0 spiro atoms. The molecule has 0 aliphatic heterocycles. The van der Waals surface area contributed by atoms with E-state index in [1.807, 2.05) is 17.8 Å². The highest BCUT2D eigenvalue weighted by Gasteiger charge is 2.11. The van der Waals surface area contributed by atoms with E-state index in [0.717, 1.165) is 34.1 Å². The molecule has 0 radical (unpaired) electrons. The minimum Gasteiger partial charge on any atom is -0.496 e. The van der Waals surface area contributed by atoms with Crippen LogP contribution in [0.2, 0.25) is 0 Å². The standard InChI is InChI=1S/C14H23NO2S/c1-4-5-8-18-14-10-12(16-2)11(6-7-15)9-13(14)17-3/h9-10H,4-8,15H2,1-3H3. The summed E-state index contributed by atoms with van der Waals surface area (Å²) >= 11 is 1.82. The third kappa shape index (κ3) is 4.10. The number of nitrogens with two attached hydrogens (primary N) is 1. The Morgan fingerprint density at radius 1 is 1.17 bits per heavy atom. The van der Waals surface area contributed by atoms with Crippen LogP contribution in [-0.4, -0.2) is 26.5 Å². The Kier molecular flexibility index (Phi) is 6.98. The predicted molar refractivity (Wildman–Crippen MR) is 77.9 cm³/mol. The van der Waals surface area contributed by atoms with Crippen LogP contribution in [0, 0.1) is 0 Å². The van der Waals surface area contributed by atoms with Gasteiger partial charge in [0.2, 0.25) is 0 Å². The number of methoxy groups -OCH3 is 2. The number of hydrogen-bond donors (Lipinski definition) is 1. The summed E-state index contributed by atoms with van der Waals surface area (Å²) in [6.45, 7) is 2.81. The molecular weight excluding hydrogens is 246 g/mol. The van der Waals surface area contributed by atoms with Crippen molar-refractivity contribution in [2.24, 2.45) is 5.73 Å². The maximum atomic E-state index is 5.61. The van der Waals surface area contributed by atoms with Crippen molar-refractivity contribution in [2.75, 3.05) is 26.5 Å². The lowest BCUT2D eigenvalue weighted by Gasteiger charge is -2.14. The average Bonchev–Trinajstić information content (AvgIpc) is 2.40. The fraction of sp³-hybridized carbons (Fsp3) is 0.571. The zero-order chi connectivity index (χ0) is 13.4. The molecule has 0 unspecified atom stereocenters. The Hall–Kier alpha value is -0.870. The summed E-state index contributed by atoms with van der Waals surface area (Å²) < 4.78 is 10.9. The van der Waals surface area contributed by atoms with E-state index in [0.29, 0.717) is 6.54 Å². The van der Waals surface area contributed by atoms with Crippen molar-refractivity contribution in [3.63, 3.8) is 0 Å². The van der Waals surface area contributed by atoms with E-state index in [2.05, 4.69) is 13.0 Å². The molecule has 102 valence electrons. The van der Waals surface area contributed by atoms with Gasteiger partial charge in [0.25, 0.3) is 0 Å². The van der Waals surface area contributed by atoms with Crippen molar-refractivity contribution in [1.82, 2.24) is 0 Å². The normalized spacial score (nSPS) is 10.4. The predicted octanol–water partition coefficient (Wildman–Crippen LogP) is 3.10. The average molecular weight is 269 g/mol. The number of unbranched alkanes of at least 4 members (excludes halogenated alkanes) is 1. The first-order chi connectivity index (χ1) is 8.76. The Bertz CT molecular complexity index is 369. The van der Waals surface area contributed by atoms with E-state index in [1.54, 1.807) is 14.2 Å². The van der Waals surface area contributed by atoms with Gasteiger partial charge in [-0.25, -0.2) is 0 Å². The van der Waals surface area contributed by atoms with E-state index in [4.69, 9.17) is 15.2 Å². The van der Waals surface area contributed by atoms with Gasteiger partial charge in [-0.3, -0.25) is 0 Å². The summed E-state index contributed by atoms with van der Waals surface area (Å²) in [4.78, 5) is 1.14. The summed E-state index contributed by atoms with van der Waals surface area (Å²) in [6.07, 6.45) is 3.22. The molecule has 1 aromatic carbocycles. The summed E-state index contributed by atoms with van der Waals surface area (Å²) in [5, 5.41) is 0. The summed E-state index contributed by atoms with van der Waals surface area (Å²) in [6, 6.07) is 4.10. The molecule has 0 heterocycles. The van der Waals surface area contributed by atoms with Crippen LogP contribution < -0.4 is 15.2 Å². The summed E-state index contributed by atoms with van der Waals surface area (Å²) in [5.74, 6) is 2.92. The van der Waals surface area contributed by atoms with Gasteiger partial charge in [0, 0.05) is 0 Å². The third-order valence-corrected chi connectivity index (χ3v) is 3.86. The van der Waals surface area contributed by atoms with Crippen molar-refractivity contribution >= 4 is 11.8 Å². The van der Waals surface area contributed by atoms with Gasteiger partial charge < -0.3 is 15.2 Å². The topological polar surface area (TPSA) is 44.5 Å². The van der Waals surface area contributed by atoms with Crippen LogP contribution in [0.15, 0.2) is 17.0 Å². The van der Waals surface area contributed by atoms with E-state index >= 15 is 0 Å². The molecule has 0 amide bonds. The maximum Gasteiger partial charge on any atom is 0.132 e. The monoisotopic (exact) mass is 269 g/mol. The SMILES string of the molecule is CCCCSc1cc(OC)c(CCN)cc1OC. The molecule has 18 heavy (non-hydrogen) atoms. The zero-order valence-electron chi connectivity index (χ0n) is 11.5. The number of thioether (sulfide) groups is 1. The van der Waals surface area contributed by atoms with Gasteiger partial charge in [-0.1, -0.05) is 13.3 Å². The van der Waals surface area contributed by atoms with E-state index in [-0.39, 0.29) is 0 Å². The van der Waals surface area contributed by atoms with Crippen LogP contribution in [0.4, 0.5) is 0 Å². The van der Waals surface area contributed by atoms with Crippen molar-refractivity contribution in [1.29, 1.82) is 0 Å². The number of benzene rings is 1. The third-order valence-electron chi connectivity index (χ3n) is 2.74. The van der Waals surface area contributed by atoms with Crippen molar-refractivity contribution in [3.05, 3.63) is 17.7 Å². The molecule has 0 aliphatic rings. The van der Waals surface area contributed by atoms with Gasteiger partial charge in [-0.15, -0.1) is 11.8 Å². The molecule has 2 N–H and O–H groups in total.